The maximum atomic E-state index is 10.6. The molecule has 0 N–H and O–H groups in total. The Morgan fingerprint density at radius 3 is 2.39 bits per heavy atom. The maximum Gasteiger partial charge on any atom is 0.269 e. The van der Waals surface area contributed by atoms with Crippen LogP contribution in [0, 0.1) is 25.0 Å². The predicted molar refractivity (Wildman–Crippen MR) is 76.0 cm³/mol. The van der Waals surface area contributed by atoms with Crippen molar-refractivity contribution in [3.05, 3.63) is 61.7 Å². The zero-order chi connectivity index (χ0) is 13.1. The van der Waals surface area contributed by atoms with Crippen LogP contribution in [0.1, 0.15) is 5.56 Å². The van der Waals surface area contributed by atoms with Gasteiger partial charge in [0.05, 0.1) is 10.5 Å². The smallest absolute Gasteiger partial charge is 0.258 e. The molecule has 0 bridgehead atoms. The number of hydrogen-bond donors (Lipinski definition) is 0. The van der Waals surface area contributed by atoms with E-state index in [1.54, 1.807) is 24.3 Å². The normalized spacial score (nSPS) is 9.78. The molecule has 0 amide bonds. The van der Waals surface area contributed by atoms with E-state index in [2.05, 4.69) is 28.7 Å². The molecule has 4 nitrogen and oxygen atoms in total. The van der Waals surface area contributed by atoms with Crippen molar-refractivity contribution in [3.8, 4) is 17.2 Å². The van der Waals surface area contributed by atoms with Crippen molar-refractivity contribution in [1.82, 2.24) is 0 Å². The Bertz CT molecular complexity index is 645. The van der Waals surface area contributed by atoms with E-state index in [0.717, 1.165) is 14.7 Å². The average Bonchev–Trinajstić information content (AvgIpc) is 2.39. The summed E-state index contributed by atoms with van der Waals surface area (Å²) in [5.74, 6) is 0. The van der Waals surface area contributed by atoms with Gasteiger partial charge in [-0.2, -0.15) is 5.26 Å². The van der Waals surface area contributed by atoms with Gasteiger partial charge in [0.1, 0.15) is 6.07 Å². The van der Waals surface area contributed by atoms with E-state index in [1.807, 2.05) is 6.07 Å². The first-order valence-corrected chi connectivity index (χ1v) is 6.15. The van der Waals surface area contributed by atoms with Crippen molar-refractivity contribution >= 4 is 28.3 Å². The molecule has 0 saturated carbocycles. The van der Waals surface area contributed by atoms with Gasteiger partial charge in [-0.1, -0.05) is 12.1 Å². The minimum absolute atomic E-state index is 0.0604. The lowest BCUT2D eigenvalue weighted by atomic mass is 10.0. The lowest BCUT2D eigenvalue weighted by Crippen LogP contribution is -1.90. The predicted octanol–water partition coefficient (Wildman–Crippen LogP) is 3.74. The Balaban J connectivity index is 2.50. The van der Waals surface area contributed by atoms with E-state index in [1.165, 1.54) is 12.1 Å². The molecule has 0 aliphatic rings. The van der Waals surface area contributed by atoms with Gasteiger partial charge in [0.15, 0.2) is 0 Å². The quantitative estimate of drug-likeness (QED) is 0.471. The van der Waals surface area contributed by atoms with Crippen LogP contribution in [0.3, 0.4) is 0 Å². The van der Waals surface area contributed by atoms with Crippen molar-refractivity contribution in [2.24, 2.45) is 0 Å². The molecule has 0 spiro atoms. The molecule has 0 fully saturated rings. The molecule has 0 heterocycles. The fourth-order valence-corrected chi connectivity index (χ4v) is 2.40. The first-order valence-electron chi connectivity index (χ1n) is 5.07. The Morgan fingerprint density at radius 1 is 1.17 bits per heavy atom. The summed E-state index contributed by atoms with van der Waals surface area (Å²) in [5, 5.41) is 19.5. The molecule has 0 aliphatic carbocycles. The Hall–Kier alpha value is -1.94. The standard InChI is InChI=1S/C13H7IN2O2/c14-13-10(8-15)2-1-3-12(13)9-4-6-11(7-5-9)16(17)18/h1-7H. The number of nitriles is 1. The summed E-state index contributed by atoms with van der Waals surface area (Å²) in [6, 6.07) is 13.9. The van der Waals surface area contributed by atoms with Crippen molar-refractivity contribution in [2.45, 2.75) is 0 Å². The number of nitro benzene ring substituents is 1. The summed E-state index contributed by atoms with van der Waals surface area (Å²) in [6.07, 6.45) is 0. The summed E-state index contributed by atoms with van der Waals surface area (Å²) in [5.41, 5.74) is 2.43. The van der Waals surface area contributed by atoms with Crippen LogP contribution < -0.4 is 0 Å². The summed E-state index contributed by atoms with van der Waals surface area (Å²) in [7, 11) is 0. The highest BCUT2D eigenvalue weighted by Crippen LogP contribution is 2.28. The molecule has 2 aromatic carbocycles. The van der Waals surface area contributed by atoms with Gasteiger partial charge in [0, 0.05) is 15.7 Å². The average molecular weight is 350 g/mol. The van der Waals surface area contributed by atoms with Crippen LogP contribution in [-0.4, -0.2) is 4.92 Å². The van der Waals surface area contributed by atoms with Crippen molar-refractivity contribution < 1.29 is 4.92 Å². The molecule has 2 rings (SSSR count). The largest absolute Gasteiger partial charge is 0.269 e. The first-order chi connectivity index (χ1) is 8.63. The number of non-ortho nitro benzene ring substituents is 1. The van der Waals surface area contributed by atoms with E-state index >= 15 is 0 Å². The molecule has 0 aromatic heterocycles. The topological polar surface area (TPSA) is 66.9 Å². The molecule has 0 saturated heterocycles. The SMILES string of the molecule is N#Cc1cccc(-c2ccc([N+](=O)[O-])cc2)c1I. The maximum absolute atomic E-state index is 10.6. The summed E-state index contributed by atoms with van der Waals surface area (Å²) in [4.78, 5) is 10.1. The molecule has 5 heteroatoms. The Morgan fingerprint density at radius 2 is 1.83 bits per heavy atom. The van der Waals surface area contributed by atoms with E-state index in [-0.39, 0.29) is 5.69 Å². The molecule has 0 unspecified atom stereocenters. The van der Waals surface area contributed by atoms with Crippen LogP contribution in [0.5, 0.6) is 0 Å². The summed E-state index contributed by atoms with van der Waals surface area (Å²) in [6.45, 7) is 0. The third-order valence-corrected chi connectivity index (χ3v) is 3.67. The highest BCUT2D eigenvalue weighted by molar-refractivity contribution is 14.1. The number of halogens is 1. The Labute approximate surface area is 117 Å². The summed E-state index contributed by atoms with van der Waals surface area (Å²) >= 11 is 2.11. The third kappa shape index (κ3) is 2.33. The second-order valence-corrected chi connectivity index (χ2v) is 4.66. The van der Waals surface area contributed by atoms with Crippen LogP contribution in [0.4, 0.5) is 5.69 Å². The molecule has 88 valence electrons. The van der Waals surface area contributed by atoms with Crippen LogP contribution in [-0.2, 0) is 0 Å². The molecule has 0 atom stereocenters. The number of benzene rings is 2. The first kappa shape index (κ1) is 12.5. The minimum atomic E-state index is -0.430. The van der Waals surface area contributed by atoms with Gasteiger partial charge in [-0.25, -0.2) is 0 Å². The molecular formula is C13H7IN2O2. The monoisotopic (exact) mass is 350 g/mol. The van der Waals surface area contributed by atoms with Gasteiger partial charge >= 0.3 is 0 Å². The fraction of sp³-hybridized carbons (Fsp3) is 0. The number of nitro groups is 1. The molecule has 2 aromatic rings. The lowest BCUT2D eigenvalue weighted by Gasteiger charge is -2.05. The van der Waals surface area contributed by atoms with E-state index in [4.69, 9.17) is 5.26 Å². The number of rotatable bonds is 2. The van der Waals surface area contributed by atoms with Crippen LogP contribution in [0.25, 0.3) is 11.1 Å². The molecule has 18 heavy (non-hydrogen) atoms. The van der Waals surface area contributed by atoms with Gasteiger partial charge in [0.25, 0.3) is 5.69 Å². The fourth-order valence-electron chi connectivity index (χ4n) is 1.60. The van der Waals surface area contributed by atoms with Crippen LogP contribution in [0.2, 0.25) is 0 Å². The number of nitrogens with zero attached hydrogens (tertiary/aromatic N) is 2. The Kier molecular flexibility index (Phi) is 3.58. The molecule has 0 aliphatic heterocycles. The van der Waals surface area contributed by atoms with Crippen molar-refractivity contribution in [3.63, 3.8) is 0 Å². The summed E-state index contributed by atoms with van der Waals surface area (Å²) < 4.78 is 0.853. The van der Waals surface area contributed by atoms with Gasteiger partial charge in [-0.15, -0.1) is 0 Å². The second-order valence-electron chi connectivity index (χ2n) is 3.58. The van der Waals surface area contributed by atoms with E-state index in [0.29, 0.717) is 5.56 Å². The minimum Gasteiger partial charge on any atom is -0.258 e. The van der Waals surface area contributed by atoms with Crippen molar-refractivity contribution in [2.75, 3.05) is 0 Å². The van der Waals surface area contributed by atoms with Crippen LogP contribution >= 0.6 is 22.6 Å². The van der Waals surface area contributed by atoms with E-state index < -0.39 is 4.92 Å². The number of hydrogen-bond acceptors (Lipinski definition) is 3. The highest BCUT2D eigenvalue weighted by atomic mass is 127. The highest BCUT2D eigenvalue weighted by Gasteiger charge is 2.09. The van der Waals surface area contributed by atoms with Gasteiger partial charge < -0.3 is 0 Å². The third-order valence-electron chi connectivity index (χ3n) is 2.51. The lowest BCUT2D eigenvalue weighted by molar-refractivity contribution is -0.384. The van der Waals surface area contributed by atoms with Crippen molar-refractivity contribution in [1.29, 1.82) is 5.26 Å². The molecule has 0 radical (unpaired) electrons. The van der Waals surface area contributed by atoms with Gasteiger partial charge in [-0.3, -0.25) is 10.1 Å². The van der Waals surface area contributed by atoms with Gasteiger partial charge in [0.2, 0.25) is 0 Å². The van der Waals surface area contributed by atoms with E-state index in [9.17, 15) is 10.1 Å². The zero-order valence-electron chi connectivity index (χ0n) is 9.13. The van der Waals surface area contributed by atoms with Gasteiger partial charge in [-0.05, 0) is 51.9 Å². The zero-order valence-corrected chi connectivity index (χ0v) is 11.3. The van der Waals surface area contributed by atoms with Crippen LogP contribution in [0.15, 0.2) is 42.5 Å². The molecular weight excluding hydrogens is 343 g/mol. The second kappa shape index (κ2) is 5.14.